The van der Waals surface area contributed by atoms with Crippen LogP contribution in [0.2, 0.25) is 0 Å². The van der Waals surface area contributed by atoms with E-state index in [4.69, 9.17) is 0 Å². The molecular formula is C18H26N2O3S. The highest BCUT2D eigenvalue weighted by Gasteiger charge is 2.15. The average molecular weight is 350 g/mol. The number of hydrogen-bond acceptors (Lipinski definition) is 3. The highest BCUT2D eigenvalue weighted by molar-refractivity contribution is 7.89. The first kappa shape index (κ1) is 18.7. The summed E-state index contributed by atoms with van der Waals surface area (Å²) >= 11 is 0. The average Bonchev–Trinajstić information content (AvgIpc) is 2.61. The van der Waals surface area contributed by atoms with Crippen LogP contribution < -0.4 is 10.0 Å². The number of carbonyl (C=O) groups is 1. The summed E-state index contributed by atoms with van der Waals surface area (Å²) in [5, 5.41) is 2.87. The smallest absolute Gasteiger partial charge is 0.251 e. The first-order chi connectivity index (χ1) is 11.5. The zero-order valence-corrected chi connectivity index (χ0v) is 15.0. The number of carbonyl (C=O) groups excluding carboxylic acids is 1. The Morgan fingerprint density at radius 2 is 2.04 bits per heavy atom. The van der Waals surface area contributed by atoms with Gasteiger partial charge < -0.3 is 5.32 Å². The van der Waals surface area contributed by atoms with Crippen LogP contribution >= 0.6 is 0 Å². The molecule has 0 aromatic heterocycles. The quantitative estimate of drug-likeness (QED) is 0.708. The molecule has 132 valence electrons. The summed E-state index contributed by atoms with van der Waals surface area (Å²) in [4.78, 5) is 12.4. The van der Waals surface area contributed by atoms with Gasteiger partial charge in [0, 0.05) is 18.7 Å². The highest BCUT2D eigenvalue weighted by Crippen LogP contribution is 2.19. The Morgan fingerprint density at radius 1 is 1.21 bits per heavy atom. The van der Waals surface area contributed by atoms with Crippen LogP contribution in [0, 0.1) is 0 Å². The van der Waals surface area contributed by atoms with Crippen molar-refractivity contribution in [2.45, 2.75) is 50.3 Å². The second-order valence-electron chi connectivity index (χ2n) is 6.04. The normalized spacial score (nSPS) is 15.0. The van der Waals surface area contributed by atoms with Gasteiger partial charge in [0.15, 0.2) is 0 Å². The molecule has 0 aliphatic heterocycles. The van der Waals surface area contributed by atoms with E-state index in [0.717, 1.165) is 25.7 Å². The fourth-order valence-electron chi connectivity index (χ4n) is 2.69. The van der Waals surface area contributed by atoms with Crippen molar-refractivity contribution in [3.8, 4) is 0 Å². The van der Waals surface area contributed by atoms with E-state index in [-0.39, 0.29) is 10.8 Å². The summed E-state index contributed by atoms with van der Waals surface area (Å²) in [7, 11) is -3.56. The van der Waals surface area contributed by atoms with Gasteiger partial charge in [-0.3, -0.25) is 4.79 Å². The SMILES string of the molecule is CCCNS(=O)(=O)c1cccc(C(=O)NCCC2=CCCCC2)c1. The molecule has 6 heteroatoms. The van der Waals surface area contributed by atoms with Gasteiger partial charge >= 0.3 is 0 Å². The van der Waals surface area contributed by atoms with Gasteiger partial charge in [0.25, 0.3) is 5.91 Å². The van der Waals surface area contributed by atoms with E-state index in [0.29, 0.717) is 18.7 Å². The molecule has 0 spiro atoms. The maximum absolute atomic E-state index is 12.2. The zero-order valence-electron chi connectivity index (χ0n) is 14.2. The topological polar surface area (TPSA) is 75.3 Å². The first-order valence-electron chi connectivity index (χ1n) is 8.59. The maximum atomic E-state index is 12.2. The summed E-state index contributed by atoms with van der Waals surface area (Å²) in [5.74, 6) is -0.237. The summed E-state index contributed by atoms with van der Waals surface area (Å²) in [6.45, 7) is 2.86. The lowest BCUT2D eigenvalue weighted by Crippen LogP contribution is -2.27. The lowest BCUT2D eigenvalue weighted by atomic mass is 9.97. The molecule has 1 aromatic carbocycles. The minimum Gasteiger partial charge on any atom is -0.352 e. The van der Waals surface area contributed by atoms with Crippen molar-refractivity contribution in [2.24, 2.45) is 0 Å². The minimum absolute atomic E-state index is 0.124. The Kier molecular flexibility index (Phi) is 6.99. The van der Waals surface area contributed by atoms with Crippen molar-refractivity contribution < 1.29 is 13.2 Å². The van der Waals surface area contributed by atoms with Crippen LogP contribution in [0.3, 0.4) is 0 Å². The maximum Gasteiger partial charge on any atom is 0.251 e. The predicted octanol–water partition coefficient (Wildman–Crippen LogP) is 3.00. The van der Waals surface area contributed by atoms with Crippen molar-refractivity contribution in [3.63, 3.8) is 0 Å². The number of amides is 1. The van der Waals surface area contributed by atoms with E-state index < -0.39 is 10.0 Å². The Bertz CT molecular complexity index is 696. The summed E-state index contributed by atoms with van der Waals surface area (Å²) in [6, 6.07) is 6.15. The van der Waals surface area contributed by atoms with Gasteiger partial charge in [-0.15, -0.1) is 0 Å². The second kappa shape index (κ2) is 8.99. The third kappa shape index (κ3) is 5.46. The molecule has 5 nitrogen and oxygen atoms in total. The molecule has 0 heterocycles. The molecular weight excluding hydrogens is 324 g/mol. The van der Waals surface area contributed by atoms with E-state index in [1.165, 1.54) is 30.5 Å². The van der Waals surface area contributed by atoms with Crippen LogP contribution in [0.4, 0.5) is 0 Å². The molecule has 0 atom stereocenters. The van der Waals surface area contributed by atoms with Crippen LogP contribution in [0.15, 0.2) is 40.8 Å². The molecule has 0 unspecified atom stereocenters. The second-order valence-corrected chi connectivity index (χ2v) is 7.81. The fraction of sp³-hybridized carbons (Fsp3) is 0.500. The number of rotatable bonds is 8. The molecule has 0 radical (unpaired) electrons. The molecule has 0 saturated heterocycles. The molecule has 1 aliphatic rings. The molecule has 1 aromatic rings. The van der Waals surface area contributed by atoms with E-state index >= 15 is 0 Å². The van der Waals surface area contributed by atoms with Crippen molar-refractivity contribution >= 4 is 15.9 Å². The summed E-state index contributed by atoms with van der Waals surface area (Å²) in [6.07, 6.45) is 8.58. The van der Waals surface area contributed by atoms with Crippen LogP contribution in [0.5, 0.6) is 0 Å². The van der Waals surface area contributed by atoms with Gasteiger partial charge in [-0.2, -0.15) is 0 Å². The predicted molar refractivity (Wildman–Crippen MR) is 95.4 cm³/mol. The minimum atomic E-state index is -3.56. The van der Waals surface area contributed by atoms with E-state index in [9.17, 15) is 13.2 Å². The molecule has 0 fully saturated rings. The Hall–Kier alpha value is -1.66. The highest BCUT2D eigenvalue weighted by atomic mass is 32.2. The monoisotopic (exact) mass is 350 g/mol. The van der Waals surface area contributed by atoms with Crippen LogP contribution in [0.1, 0.15) is 55.8 Å². The molecule has 2 N–H and O–H groups in total. The van der Waals surface area contributed by atoms with Crippen molar-refractivity contribution in [3.05, 3.63) is 41.5 Å². The Morgan fingerprint density at radius 3 is 2.75 bits per heavy atom. The number of allylic oxidation sites excluding steroid dienone is 1. The third-order valence-corrected chi connectivity index (χ3v) is 5.52. The molecule has 2 rings (SSSR count). The number of benzene rings is 1. The van der Waals surface area contributed by atoms with Crippen molar-refractivity contribution in [1.29, 1.82) is 0 Å². The van der Waals surface area contributed by atoms with Crippen LogP contribution in [-0.2, 0) is 10.0 Å². The molecule has 1 aliphatic carbocycles. The molecule has 0 bridgehead atoms. The number of hydrogen-bond donors (Lipinski definition) is 2. The van der Waals surface area contributed by atoms with Gasteiger partial charge in [0.1, 0.15) is 0 Å². The summed E-state index contributed by atoms with van der Waals surface area (Å²) in [5.41, 5.74) is 1.77. The lowest BCUT2D eigenvalue weighted by molar-refractivity contribution is 0.0954. The fourth-order valence-corrected chi connectivity index (χ4v) is 3.87. The van der Waals surface area contributed by atoms with Gasteiger partial charge in [0.05, 0.1) is 4.90 Å². The van der Waals surface area contributed by atoms with Gasteiger partial charge in [-0.25, -0.2) is 13.1 Å². The molecule has 0 saturated carbocycles. The zero-order chi connectivity index (χ0) is 17.4. The van der Waals surface area contributed by atoms with Gasteiger partial charge in [-0.1, -0.05) is 24.6 Å². The third-order valence-electron chi connectivity index (χ3n) is 4.07. The lowest BCUT2D eigenvalue weighted by Gasteiger charge is -2.13. The van der Waals surface area contributed by atoms with Gasteiger partial charge in [-0.05, 0) is 56.7 Å². The van der Waals surface area contributed by atoms with Gasteiger partial charge in [0.2, 0.25) is 10.0 Å². The Labute approximate surface area is 144 Å². The largest absolute Gasteiger partial charge is 0.352 e. The van der Waals surface area contributed by atoms with E-state index in [1.807, 2.05) is 6.92 Å². The van der Waals surface area contributed by atoms with Crippen molar-refractivity contribution in [2.75, 3.05) is 13.1 Å². The Balaban J connectivity index is 1.94. The standard InChI is InChI=1S/C18H26N2O3S/c1-2-12-20-24(22,23)17-10-6-9-16(14-17)18(21)19-13-11-15-7-4-3-5-8-15/h6-7,9-10,14,20H,2-5,8,11-13H2,1H3,(H,19,21). The first-order valence-corrected chi connectivity index (χ1v) is 10.1. The number of nitrogens with one attached hydrogen (secondary N) is 2. The number of sulfonamides is 1. The summed E-state index contributed by atoms with van der Waals surface area (Å²) < 4.78 is 26.8. The van der Waals surface area contributed by atoms with Crippen LogP contribution in [-0.4, -0.2) is 27.4 Å². The van der Waals surface area contributed by atoms with E-state index in [2.05, 4.69) is 16.1 Å². The molecule has 24 heavy (non-hydrogen) atoms. The molecule has 1 amide bonds. The van der Waals surface area contributed by atoms with Crippen molar-refractivity contribution in [1.82, 2.24) is 10.0 Å². The van der Waals surface area contributed by atoms with Crippen LogP contribution in [0.25, 0.3) is 0 Å². The van der Waals surface area contributed by atoms with E-state index in [1.54, 1.807) is 12.1 Å².